The first-order valence-electron chi connectivity index (χ1n) is 5.52. The monoisotopic (exact) mass is 246 g/mol. The molecule has 0 aromatic heterocycles. The van der Waals surface area contributed by atoms with Gasteiger partial charge in [-0.25, -0.2) is 0 Å². The molecule has 0 spiro atoms. The number of hydrogen-bond donors (Lipinski definition) is 1. The third-order valence-corrected chi connectivity index (χ3v) is 2.51. The molecule has 1 aromatic rings. The average Bonchev–Trinajstić information content (AvgIpc) is 2.19. The Hall–Kier alpha value is -1.39. The summed E-state index contributed by atoms with van der Waals surface area (Å²) < 4.78 is 37.4. The summed E-state index contributed by atoms with van der Waals surface area (Å²) >= 11 is 0. The summed E-state index contributed by atoms with van der Waals surface area (Å²) in [5.74, 6) is 0. The van der Waals surface area contributed by atoms with Crippen molar-refractivity contribution in [2.24, 2.45) is 0 Å². The first kappa shape index (κ1) is 13.7. The molecule has 0 unspecified atom stereocenters. The van der Waals surface area contributed by atoms with Gasteiger partial charge in [-0.1, -0.05) is 19.1 Å². The van der Waals surface area contributed by atoms with E-state index in [1.165, 1.54) is 4.90 Å². The molecule has 0 aliphatic rings. The van der Waals surface area contributed by atoms with Gasteiger partial charge in [0.05, 0.1) is 11.4 Å². The lowest BCUT2D eigenvalue weighted by molar-refractivity contribution is -0.119. The highest BCUT2D eigenvalue weighted by atomic mass is 19.4. The van der Waals surface area contributed by atoms with Crippen molar-refractivity contribution in [3.05, 3.63) is 23.8 Å². The van der Waals surface area contributed by atoms with Gasteiger partial charge in [0.15, 0.2) is 0 Å². The number of nitrogen functional groups attached to an aromatic ring is 1. The van der Waals surface area contributed by atoms with E-state index in [-0.39, 0.29) is 0 Å². The molecular formula is C12H17F3N2. The molecular weight excluding hydrogens is 229 g/mol. The van der Waals surface area contributed by atoms with Gasteiger partial charge in [0.25, 0.3) is 0 Å². The number of anilines is 2. The van der Waals surface area contributed by atoms with Crippen LogP contribution < -0.4 is 10.6 Å². The normalized spacial score (nSPS) is 11.6. The second kappa shape index (κ2) is 5.29. The summed E-state index contributed by atoms with van der Waals surface area (Å²) in [5, 5.41) is 0. The van der Waals surface area contributed by atoms with Crippen molar-refractivity contribution < 1.29 is 13.2 Å². The zero-order chi connectivity index (χ0) is 13.1. The Bertz CT molecular complexity index is 375. The van der Waals surface area contributed by atoms with Crippen LogP contribution in [0.25, 0.3) is 0 Å². The molecule has 17 heavy (non-hydrogen) atoms. The molecule has 0 fully saturated rings. The largest absolute Gasteiger partial charge is 0.405 e. The highest BCUT2D eigenvalue weighted by molar-refractivity contribution is 5.70. The van der Waals surface area contributed by atoms with E-state index in [9.17, 15) is 13.2 Å². The zero-order valence-electron chi connectivity index (χ0n) is 10.0. The van der Waals surface area contributed by atoms with Gasteiger partial charge >= 0.3 is 6.18 Å². The summed E-state index contributed by atoms with van der Waals surface area (Å²) in [6.45, 7) is 3.01. The maximum absolute atomic E-state index is 12.5. The molecule has 5 heteroatoms. The van der Waals surface area contributed by atoms with Gasteiger partial charge < -0.3 is 10.6 Å². The van der Waals surface area contributed by atoms with E-state index in [0.29, 0.717) is 24.3 Å². The number of nitrogens with zero attached hydrogens (tertiary/aromatic N) is 1. The van der Waals surface area contributed by atoms with Crippen LogP contribution in [0.3, 0.4) is 0 Å². The van der Waals surface area contributed by atoms with Gasteiger partial charge in [0.1, 0.15) is 6.54 Å². The number of halogens is 3. The minimum Gasteiger partial charge on any atom is -0.397 e. The minimum absolute atomic E-state index is 0.340. The predicted octanol–water partition coefficient (Wildman–Crippen LogP) is 3.36. The Morgan fingerprint density at radius 3 is 2.47 bits per heavy atom. The summed E-state index contributed by atoms with van der Waals surface area (Å²) in [6.07, 6.45) is -3.57. The fourth-order valence-corrected chi connectivity index (χ4v) is 1.71. The average molecular weight is 246 g/mol. The summed E-state index contributed by atoms with van der Waals surface area (Å²) in [7, 11) is 0. The van der Waals surface area contributed by atoms with Crippen LogP contribution in [0, 0.1) is 6.92 Å². The number of nitrogens with two attached hydrogens (primary N) is 1. The van der Waals surface area contributed by atoms with Gasteiger partial charge in [-0.05, 0) is 25.0 Å². The highest BCUT2D eigenvalue weighted by Gasteiger charge is 2.31. The summed E-state index contributed by atoms with van der Waals surface area (Å²) in [4.78, 5) is 1.28. The van der Waals surface area contributed by atoms with Crippen LogP contribution in [-0.4, -0.2) is 19.3 Å². The molecule has 0 aliphatic carbocycles. The number of alkyl halides is 3. The zero-order valence-corrected chi connectivity index (χ0v) is 10.0. The second-order valence-corrected chi connectivity index (χ2v) is 4.04. The molecule has 0 saturated carbocycles. The topological polar surface area (TPSA) is 29.3 Å². The highest BCUT2D eigenvalue weighted by Crippen LogP contribution is 2.29. The lowest BCUT2D eigenvalue weighted by atomic mass is 10.1. The molecule has 1 rings (SSSR count). The van der Waals surface area contributed by atoms with Gasteiger partial charge in [-0.15, -0.1) is 0 Å². The molecule has 2 N–H and O–H groups in total. The van der Waals surface area contributed by atoms with Crippen LogP contribution in [0.1, 0.15) is 18.9 Å². The van der Waals surface area contributed by atoms with E-state index in [0.717, 1.165) is 5.56 Å². The minimum atomic E-state index is -4.22. The number of aryl methyl sites for hydroxylation is 1. The van der Waals surface area contributed by atoms with E-state index in [2.05, 4.69) is 0 Å². The van der Waals surface area contributed by atoms with Crippen LogP contribution in [0.5, 0.6) is 0 Å². The van der Waals surface area contributed by atoms with Crippen LogP contribution in [0.4, 0.5) is 24.5 Å². The SMILES string of the molecule is CCCN(CC(F)(F)F)c1cccc(C)c1N. The van der Waals surface area contributed by atoms with Crippen molar-refractivity contribution in [3.63, 3.8) is 0 Å². The first-order valence-corrected chi connectivity index (χ1v) is 5.52. The van der Waals surface area contributed by atoms with Crippen molar-refractivity contribution in [2.45, 2.75) is 26.4 Å². The number of rotatable bonds is 4. The standard InChI is InChI=1S/C12H17F3N2/c1-3-7-17(8-12(13,14)15)10-6-4-5-9(2)11(10)16/h4-6H,3,7-8,16H2,1-2H3. The van der Waals surface area contributed by atoms with Crippen LogP contribution >= 0.6 is 0 Å². The third-order valence-electron chi connectivity index (χ3n) is 2.51. The van der Waals surface area contributed by atoms with Crippen LogP contribution in [0.15, 0.2) is 18.2 Å². The second-order valence-electron chi connectivity index (χ2n) is 4.04. The quantitative estimate of drug-likeness (QED) is 0.825. The van der Waals surface area contributed by atoms with Crippen molar-refractivity contribution >= 4 is 11.4 Å². The fraction of sp³-hybridized carbons (Fsp3) is 0.500. The van der Waals surface area contributed by atoms with E-state index in [4.69, 9.17) is 5.73 Å². The Morgan fingerprint density at radius 1 is 1.29 bits per heavy atom. The maximum Gasteiger partial charge on any atom is 0.405 e. The van der Waals surface area contributed by atoms with Gasteiger partial charge in [-0.2, -0.15) is 13.2 Å². The third kappa shape index (κ3) is 3.84. The van der Waals surface area contributed by atoms with E-state index in [1.54, 1.807) is 25.1 Å². The molecule has 0 saturated heterocycles. The van der Waals surface area contributed by atoms with Gasteiger partial charge in [0.2, 0.25) is 0 Å². The van der Waals surface area contributed by atoms with E-state index >= 15 is 0 Å². The Morgan fingerprint density at radius 2 is 1.94 bits per heavy atom. The first-order chi connectivity index (χ1) is 7.85. The van der Waals surface area contributed by atoms with E-state index in [1.807, 2.05) is 6.92 Å². The van der Waals surface area contributed by atoms with Crippen molar-refractivity contribution in [1.29, 1.82) is 0 Å². The maximum atomic E-state index is 12.5. The lowest BCUT2D eigenvalue weighted by Crippen LogP contribution is -2.35. The molecule has 0 radical (unpaired) electrons. The number of para-hydroxylation sites is 1. The van der Waals surface area contributed by atoms with Gasteiger partial charge in [0, 0.05) is 6.54 Å². The summed E-state index contributed by atoms with van der Waals surface area (Å²) in [5.41, 5.74) is 7.50. The molecule has 2 nitrogen and oxygen atoms in total. The van der Waals surface area contributed by atoms with Crippen molar-refractivity contribution in [3.8, 4) is 0 Å². The Labute approximate surface area is 99.2 Å². The summed E-state index contributed by atoms with van der Waals surface area (Å²) in [6, 6.07) is 5.14. The smallest absolute Gasteiger partial charge is 0.397 e. The predicted molar refractivity (Wildman–Crippen MR) is 64.2 cm³/mol. The van der Waals surface area contributed by atoms with Crippen molar-refractivity contribution in [1.82, 2.24) is 0 Å². The number of benzene rings is 1. The van der Waals surface area contributed by atoms with E-state index < -0.39 is 12.7 Å². The number of hydrogen-bond acceptors (Lipinski definition) is 2. The van der Waals surface area contributed by atoms with Gasteiger partial charge in [-0.3, -0.25) is 0 Å². The molecule has 0 bridgehead atoms. The Kier molecular flexibility index (Phi) is 4.26. The van der Waals surface area contributed by atoms with Crippen LogP contribution in [-0.2, 0) is 0 Å². The molecule has 1 aromatic carbocycles. The molecule has 0 aliphatic heterocycles. The fourth-order valence-electron chi connectivity index (χ4n) is 1.71. The van der Waals surface area contributed by atoms with Crippen LogP contribution in [0.2, 0.25) is 0 Å². The molecule has 0 amide bonds. The van der Waals surface area contributed by atoms with Crippen molar-refractivity contribution in [2.75, 3.05) is 23.7 Å². The molecule has 0 atom stereocenters. The molecule has 96 valence electrons. The lowest BCUT2D eigenvalue weighted by Gasteiger charge is -2.27. The molecule has 0 heterocycles. The Balaban J connectivity index is 3.01.